The van der Waals surface area contributed by atoms with E-state index in [1.807, 2.05) is 45.0 Å². The lowest BCUT2D eigenvalue weighted by Gasteiger charge is -2.30. The number of rotatable bonds is 6. The van der Waals surface area contributed by atoms with Gasteiger partial charge in [0.15, 0.2) is 0 Å². The fourth-order valence-corrected chi connectivity index (χ4v) is 7.12. The van der Waals surface area contributed by atoms with E-state index in [9.17, 15) is 19.5 Å². The maximum Gasteiger partial charge on any atom is 0.252 e. The fourth-order valence-electron chi connectivity index (χ4n) is 6.04. The average Bonchev–Trinajstić information content (AvgIpc) is 3.42. The molecule has 0 radical (unpaired) electrons. The fraction of sp³-hybridized carbons (Fsp3) is 0.444. The second-order valence-electron chi connectivity index (χ2n) is 9.98. The number of carboxylic acids is 1. The molecule has 1 heterocycles. The number of anilines is 1. The Morgan fingerprint density at radius 3 is 2.15 bits per heavy atom. The van der Waals surface area contributed by atoms with Crippen LogP contribution in [0, 0.1) is 30.6 Å². The number of amides is 2. The molecule has 2 saturated carbocycles. The summed E-state index contributed by atoms with van der Waals surface area (Å²) < 4.78 is 0. The lowest BCUT2D eigenvalue weighted by atomic mass is 9.78. The Kier molecular flexibility index (Phi) is 6.42. The minimum atomic E-state index is -1.19. The van der Waals surface area contributed by atoms with Gasteiger partial charge in [-0.3, -0.25) is 9.59 Å². The number of fused-ring (bicyclic) bond motifs is 2. The molecular formula is C27H31N2O4S-. The summed E-state index contributed by atoms with van der Waals surface area (Å²) in [5, 5.41) is 15.3. The SMILES string of the molecule is CC(C)=C1[C@@H]2CC[C@@H]1[C@H](C(=O)Nc1sc(C)c(-c3ccc(C(C)C)cc3)c1C(N)=O)[C@H]2C(=O)[O-]. The molecule has 180 valence electrons. The first kappa shape index (κ1) is 24.2. The van der Waals surface area contributed by atoms with Gasteiger partial charge >= 0.3 is 0 Å². The molecule has 4 atom stereocenters. The number of aliphatic carboxylic acids is 1. The highest BCUT2D eigenvalue weighted by molar-refractivity contribution is 7.17. The Balaban J connectivity index is 1.70. The van der Waals surface area contributed by atoms with Crippen molar-refractivity contribution in [2.75, 3.05) is 5.32 Å². The van der Waals surface area contributed by atoms with Gasteiger partial charge in [0.25, 0.3) is 5.91 Å². The van der Waals surface area contributed by atoms with Crippen LogP contribution in [-0.4, -0.2) is 17.8 Å². The highest BCUT2D eigenvalue weighted by Gasteiger charge is 2.54. The van der Waals surface area contributed by atoms with E-state index in [1.54, 1.807) is 0 Å². The first-order valence-electron chi connectivity index (χ1n) is 11.7. The van der Waals surface area contributed by atoms with E-state index < -0.39 is 23.7 Å². The van der Waals surface area contributed by atoms with Gasteiger partial charge in [-0.05, 0) is 62.5 Å². The number of carbonyl (C=O) groups excluding carboxylic acids is 3. The third-order valence-electron chi connectivity index (χ3n) is 7.43. The van der Waals surface area contributed by atoms with Crippen molar-refractivity contribution in [3.8, 4) is 11.1 Å². The van der Waals surface area contributed by atoms with Crippen LogP contribution >= 0.6 is 11.3 Å². The number of allylic oxidation sites excluding steroid dienone is 2. The van der Waals surface area contributed by atoms with Gasteiger partial charge in [0.1, 0.15) is 5.00 Å². The summed E-state index contributed by atoms with van der Waals surface area (Å²) in [5.74, 6) is -3.66. The van der Waals surface area contributed by atoms with E-state index >= 15 is 0 Å². The number of benzene rings is 1. The number of primary amides is 1. The second kappa shape index (κ2) is 9.02. The van der Waals surface area contributed by atoms with Crippen LogP contribution in [-0.2, 0) is 9.59 Å². The van der Waals surface area contributed by atoms with Gasteiger partial charge in [0.05, 0.1) is 11.5 Å². The number of nitrogens with two attached hydrogens (primary N) is 1. The molecule has 2 amide bonds. The predicted molar refractivity (Wildman–Crippen MR) is 132 cm³/mol. The summed E-state index contributed by atoms with van der Waals surface area (Å²) in [4.78, 5) is 38.9. The molecule has 34 heavy (non-hydrogen) atoms. The summed E-state index contributed by atoms with van der Waals surface area (Å²) in [5.41, 5.74) is 10.9. The number of nitrogens with one attached hydrogen (secondary N) is 1. The van der Waals surface area contributed by atoms with E-state index in [2.05, 4.69) is 19.2 Å². The molecule has 0 unspecified atom stereocenters. The third-order valence-corrected chi connectivity index (χ3v) is 8.45. The maximum absolute atomic E-state index is 13.5. The van der Waals surface area contributed by atoms with Gasteiger partial charge in [-0.1, -0.05) is 49.3 Å². The van der Waals surface area contributed by atoms with Gasteiger partial charge < -0.3 is 21.0 Å². The summed E-state index contributed by atoms with van der Waals surface area (Å²) in [6.07, 6.45) is 1.54. The molecule has 2 aromatic rings. The lowest BCUT2D eigenvalue weighted by Crippen LogP contribution is -2.44. The Labute approximate surface area is 204 Å². The molecule has 0 aliphatic heterocycles. The number of hydrogen-bond donors (Lipinski definition) is 2. The third kappa shape index (κ3) is 3.96. The standard InChI is InChI=1S/C27H32N2O4S/c1-12(2)15-6-8-16(9-7-15)20-14(5)34-26(23(20)24(28)30)29-25(31)21-17-10-11-18(19(17)13(3)4)22(21)27(32)33/h6-9,12,17-18,21-22H,10-11H2,1-5H3,(H2,28,30)(H,29,31)(H,32,33)/p-1/t17-,18-,21-,22-/m0/s1. The molecule has 2 aliphatic rings. The Morgan fingerprint density at radius 1 is 1.06 bits per heavy atom. The van der Waals surface area contributed by atoms with Crippen LogP contribution in [0.3, 0.4) is 0 Å². The van der Waals surface area contributed by atoms with Crippen molar-refractivity contribution in [1.82, 2.24) is 0 Å². The van der Waals surface area contributed by atoms with E-state index in [-0.39, 0.29) is 23.3 Å². The molecule has 2 fully saturated rings. The molecule has 6 nitrogen and oxygen atoms in total. The van der Waals surface area contributed by atoms with Crippen molar-refractivity contribution in [1.29, 1.82) is 0 Å². The summed E-state index contributed by atoms with van der Waals surface area (Å²) >= 11 is 1.29. The van der Waals surface area contributed by atoms with Crippen molar-refractivity contribution < 1.29 is 19.5 Å². The molecular weight excluding hydrogens is 448 g/mol. The number of aryl methyl sites for hydroxylation is 1. The van der Waals surface area contributed by atoms with E-state index in [4.69, 9.17) is 5.73 Å². The molecule has 0 spiro atoms. The number of thiophene rings is 1. The van der Waals surface area contributed by atoms with Crippen LogP contribution < -0.4 is 16.2 Å². The first-order valence-corrected chi connectivity index (χ1v) is 12.6. The van der Waals surface area contributed by atoms with Crippen LogP contribution in [0.1, 0.15) is 67.3 Å². The summed E-state index contributed by atoms with van der Waals surface area (Å²) in [6, 6.07) is 7.98. The first-order chi connectivity index (χ1) is 16.0. The highest BCUT2D eigenvalue weighted by atomic mass is 32.1. The lowest BCUT2D eigenvalue weighted by molar-refractivity contribution is -0.314. The maximum atomic E-state index is 13.5. The zero-order chi connectivity index (χ0) is 24.9. The van der Waals surface area contributed by atoms with Gasteiger partial charge in [-0.25, -0.2) is 0 Å². The zero-order valence-electron chi connectivity index (χ0n) is 20.2. The highest BCUT2D eigenvalue weighted by Crippen LogP contribution is 2.57. The van der Waals surface area contributed by atoms with Crippen molar-refractivity contribution in [2.24, 2.45) is 29.4 Å². The minimum absolute atomic E-state index is 0.112. The number of hydrogen-bond acceptors (Lipinski definition) is 5. The minimum Gasteiger partial charge on any atom is -0.550 e. The van der Waals surface area contributed by atoms with Crippen molar-refractivity contribution in [2.45, 2.75) is 53.4 Å². The largest absolute Gasteiger partial charge is 0.550 e. The normalized spacial score (nSPS) is 23.4. The monoisotopic (exact) mass is 479 g/mol. The quantitative estimate of drug-likeness (QED) is 0.603. The molecule has 4 rings (SSSR count). The summed E-state index contributed by atoms with van der Waals surface area (Å²) in [7, 11) is 0. The predicted octanol–water partition coefficient (Wildman–Crippen LogP) is 4.24. The van der Waals surface area contributed by atoms with Crippen LogP contribution in [0.15, 0.2) is 35.4 Å². The van der Waals surface area contributed by atoms with Crippen molar-refractivity contribution in [3.05, 3.63) is 51.4 Å². The van der Waals surface area contributed by atoms with Crippen molar-refractivity contribution >= 4 is 34.1 Å². The Bertz CT molecular complexity index is 1190. The van der Waals surface area contributed by atoms with Crippen LogP contribution in [0.25, 0.3) is 11.1 Å². The molecule has 1 aromatic heterocycles. The zero-order valence-corrected chi connectivity index (χ0v) is 21.0. The second-order valence-corrected chi connectivity index (χ2v) is 11.2. The van der Waals surface area contributed by atoms with Gasteiger partial charge in [-0.15, -0.1) is 11.3 Å². The number of carboxylic acid groups (broad SMARTS) is 1. The van der Waals surface area contributed by atoms with Crippen LogP contribution in [0.5, 0.6) is 0 Å². The molecule has 2 aliphatic carbocycles. The van der Waals surface area contributed by atoms with Gasteiger partial charge in [0.2, 0.25) is 5.91 Å². The van der Waals surface area contributed by atoms with E-state index in [1.165, 1.54) is 16.9 Å². The Hall–Kier alpha value is -2.93. The number of carbonyl (C=O) groups is 3. The van der Waals surface area contributed by atoms with Gasteiger partial charge in [-0.2, -0.15) is 0 Å². The molecule has 0 saturated heterocycles. The Morgan fingerprint density at radius 2 is 1.65 bits per heavy atom. The van der Waals surface area contributed by atoms with E-state index in [0.29, 0.717) is 16.5 Å². The average molecular weight is 480 g/mol. The summed E-state index contributed by atoms with van der Waals surface area (Å²) in [6.45, 7) is 10.1. The molecule has 3 N–H and O–H groups in total. The van der Waals surface area contributed by atoms with E-state index in [0.717, 1.165) is 34.4 Å². The van der Waals surface area contributed by atoms with Gasteiger partial charge in [0, 0.05) is 22.3 Å². The molecule has 7 heteroatoms. The van der Waals surface area contributed by atoms with Crippen LogP contribution in [0.4, 0.5) is 5.00 Å². The molecule has 2 bridgehead atoms. The van der Waals surface area contributed by atoms with Crippen molar-refractivity contribution in [3.63, 3.8) is 0 Å². The topological polar surface area (TPSA) is 112 Å². The van der Waals surface area contributed by atoms with Crippen LogP contribution in [0.2, 0.25) is 0 Å². The smallest absolute Gasteiger partial charge is 0.252 e. The molecule has 1 aromatic carbocycles.